The van der Waals surface area contributed by atoms with E-state index < -0.39 is 0 Å². The molecule has 240 valence electrons. The molecule has 9 rings (SSSR count). The smallest absolute Gasteiger partial charge is 0.503 e. The molecule has 0 saturated carbocycles. The average Bonchev–Trinajstić information content (AvgIpc) is 3.68. The Hall–Kier alpha value is -5.25. The van der Waals surface area contributed by atoms with Gasteiger partial charge < -0.3 is 13.7 Å². The zero-order valence-corrected chi connectivity index (χ0v) is 29.8. The molecule has 0 amide bonds. The number of imidazole rings is 1. The Bertz CT molecular complexity index is 2710. The predicted molar refractivity (Wildman–Crippen MR) is 195 cm³/mol. The summed E-state index contributed by atoms with van der Waals surface area (Å²) in [5.74, 6) is 2.07. The van der Waals surface area contributed by atoms with Crippen LogP contribution in [-0.4, -0.2) is 18.9 Å². The molecule has 0 unspecified atom stereocenters. The summed E-state index contributed by atoms with van der Waals surface area (Å²) in [6, 6.07) is 44.9. The van der Waals surface area contributed by atoms with Crippen molar-refractivity contribution in [3.8, 4) is 28.6 Å². The fraction of sp³-hybridized carbons (Fsp3) is 0.116. The first-order valence-electron chi connectivity index (χ1n) is 16.3. The Kier molecular flexibility index (Phi) is 7.42. The molecule has 0 N–H and O–H groups in total. The minimum atomic E-state index is -0.00731. The third kappa shape index (κ3) is 5.12. The molecule has 0 atom stereocenters. The molecule has 0 spiro atoms. The molecule has 4 aromatic heterocycles. The van der Waals surface area contributed by atoms with Gasteiger partial charge in [-0.25, -0.2) is 4.98 Å². The van der Waals surface area contributed by atoms with E-state index >= 15 is 0 Å². The van der Waals surface area contributed by atoms with Crippen LogP contribution in [0.15, 0.2) is 122 Å². The van der Waals surface area contributed by atoms with Crippen LogP contribution in [0, 0.1) is 19.1 Å². The summed E-state index contributed by atoms with van der Waals surface area (Å²) in [5, 5.41) is 5.37. The monoisotopic (exact) mass is 815 g/mol. The van der Waals surface area contributed by atoms with Gasteiger partial charge in [0.1, 0.15) is 5.82 Å². The van der Waals surface area contributed by atoms with Crippen LogP contribution in [0.5, 0.6) is 11.5 Å². The van der Waals surface area contributed by atoms with Crippen molar-refractivity contribution in [3.05, 3.63) is 145 Å². The van der Waals surface area contributed by atoms with Crippen LogP contribution in [0.3, 0.4) is 0 Å². The van der Waals surface area contributed by atoms with Crippen molar-refractivity contribution in [1.29, 1.82) is 0 Å². The fourth-order valence-electron chi connectivity index (χ4n) is 6.87. The van der Waals surface area contributed by atoms with Gasteiger partial charge in [-0.05, 0) is 58.5 Å². The number of para-hydroxylation sites is 2. The van der Waals surface area contributed by atoms with Gasteiger partial charge in [0.2, 0.25) is 0 Å². The minimum Gasteiger partial charge on any atom is -0.503 e. The topological polar surface area (TPSA) is 44.4 Å². The van der Waals surface area contributed by atoms with Crippen molar-refractivity contribution in [2.75, 3.05) is 0 Å². The number of fused-ring (bicyclic) bond motifs is 9. The molecular weight excluding hydrogens is 784 g/mol. The molecule has 5 nitrogen and oxygen atoms in total. The largest absolute Gasteiger partial charge is 2.00 e. The normalized spacial score (nSPS) is 11.9. The first-order chi connectivity index (χ1) is 23.3. The maximum Gasteiger partial charge on any atom is 2.00 e. The number of benzene rings is 5. The van der Waals surface area contributed by atoms with Gasteiger partial charge in [0.25, 0.3) is 0 Å². The maximum atomic E-state index is 6.55. The summed E-state index contributed by atoms with van der Waals surface area (Å²) >= 11 is 0. The first-order valence-corrected chi connectivity index (χ1v) is 16.3. The second kappa shape index (κ2) is 11.7. The van der Waals surface area contributed by atoms with E-state index in [-0.39, 0.29) is 26.5 Å². The number of hydrogen-bond acceptors (Lipinski definition) is 3. The van der Waals surface area contributed by atoms with Gasteiger partial charge in [0.15, 0.2) is 0 Å². The van der Waals surface area contributed by atoms with E-state index in [0.29, 0.717) is 11.5 Å². The standard InChI is InChI=1S/C43H32N4O.Pt/c1-27-11-5-6-12-31(27)37-26-46-38-15-9-7-13-33(38)32-19-17-29(24-36(32)42(46)45-37)48-30-18-20-35-34-14-8-10-16-39(34)47(40(35)25-30)41-23-28(21-22-44-41)43(2,3)4;/h5-23,26H,1-4H3;/q-2;+2. The van der Waals surface area contributed by atoms with Crippen molar-refractivity contribution < 1.29 is 25.8 Å². The number of rotatable bonds is 4. The van der Waals surface area contributed by atoms with Crippen LogP contribution in [0.4, 0.5) is 0 Å². The number of aromatic nitrogens is 4. The number of hydrogen-bond donors (Lipinski definition) is 0. The van der Waals surface area contributed by atoms with E-state index in [1.165, 1.54) is 11.1 Å². The van der Waals surface area contributed by atoms with E-state index in [1.807, 2.05) is 18.3 Å². The van der Waals surface area contributed by atoms with Gasteiger partial charge in [-0.15, -0.1) is 29.7 Å². The molecule has 5 aromatic carbocycles. The SMILES string of the molecule is Cc1ccccc1-c1cn2c3ccccc3c3ccc(Oc4[c-]c5c(cc4)c4ccccc4n5-c4cc(C(C)(C)C)ccn4)[c-]c3c2n1.[Pt+2]. The number of ether oxygens (including phenoxy) is 1. The summed E-state index contributed by atoms with van der Waals surface area (Å²) in [6.45, 7) is 8.79. The summed E-state index contributed by atoms with van der Waals surface area (Å²) in [4.78, 5) is 9.98. The van der Waals surface area contributed by atoms with E-state index in [4.69, 9.17) is 14.7 Å². The van der Waals surface area contributed by atoms with E-state index in [9.17, 15) is 0 Å². The number of aryl methyl sites for hydroxylation is 1. The summed E-state index contributed by atoms with van der Waals surface area (Å²) < 4.78 is 10.9. The molecule has 0 radical (unpaired) electrons. The number of nitrogens with zero attached hydrogens (tertiary/aromatic N) is 4. The zero-order valence-electron chi connectivity index (χ0n) is 27.6. The molecule has 6 heteroatoms. The van der Waals surface area contributed by atoms with Crippen molar-refractivity contribution in [2.45, 2.75) is 33.1 Å². The first kappa shape index (κ1) is 31.0. The maximum absolute atomic E-state index is 6.55. The Morgan fingerprint density at radius 3 is 2.14 bits per heavy atom. The Balaban J connectivity index is 0.00000348. The average molecular weight is 816 g/mol. The molecular formula is C43H32N4OPt. The molecule has 0 saturated heterocycles. The molecule has 0 aliphatic carbocycles. The molecule has 0 bridgehead atoms. The minimum absolute atomic E-state index is 0. The molecule has 9 aromatic rings. The van der Waals surface area contributed by atoms with E-state index in [2.05, 4.69) is 152 Å². The van der Waals surface area contributed by atoms with Gasteiger partial charge in [0, 0.05) is 40.5 Å². The summed E-state index contributed by atoms with van der Waals surface area (Å²) in [6.07, 6.45) is 4.02. The Morgan fingerprint density at radius 2 is 1.37 bits per heavy atom. The van der Waals surface area contributed by atoms with Crippen molar-refractivity contribution in [1.82, 2.24) is 18.9 Å². The van der Waals surface area contributed by atoms with Crippen molar-refractivity contribution in [2.24, 2.45) is 0 Å². The molecule has 0 aliphatic rings. The van der Waals surface area contributed by atoms with Gasteiger partial charge in [0.05, 0.1) is 11.3 Å². The number of pyridine rings is 2. The van der Waals surface area contributed by atoms with Crippen LogP contribution in [0.2, 0.25) is 0 Å². The second-order valence-corrected chi connectivity index (χ2v) is 13.5. The van der Waals surface area contributed by atoms with Crippen molar-refractivity contribution >= 4 is 49.1 Å². The molecule has 0 aliphatic heterocycles. The molecule has 49 heavy (non-hydrogen) atoms. The molecule has 4 heterocycles. The molecule has 0 fully saturated rings. The predicted octanol–water partition coefficient (Wildman–Crippen LogP) is 10.8. The van der Waals surface area contributed by atoms with Gasteiger partial charge >= 0.3 is 21.1 Å². The summed E-state index contributed by atoms with van der Waals surface area (Å²) in [5.41, 5.74) is 8.39. The van der Waals surface area contributed by atoms with Gasteiger partial charge in [-0.2, -0.15) is 6.07 Å². The van der Waals surface area contributed by atoms with Gasteiger partial charge in [-0.1, -0.05) is 104 Å². The second-order valence-electron chi connectivity index (χ2n) is 13.5. The zero-order chi connectivity index (χ0) is 32.6. The van der Waals surface area contributed by atoms with Crippen LogP contribution >= 0.6 is 0 Å². The third-order valence-electron chi connectivity index (χ3n) is 9.34. The van der Waals surface area contributed by atoms with E-state index in [0.717, 1.165) is 66.2 Å². The Labute approximate surface area is 299 Å². The summed E-state index contributed by atoms with van der Waals surface area (Å²) in [7, 11) is 0. The van der Waals surface area contributed by atoms with Crippen molar-refractivity contribution in [3.63, 3.8) is 0 Å². The van der Waals surface area contributed by atoms with Crippen LogP contribution in [-0.2, 0) is 26.5 Å². The van der Waals surface area contributed by atoms with Crippen LogP contribution in [0.1, 0.15) is 31.9 Å². The quantitative estimate of drug-likeness (QED) is 0.131. The van der Waals surface area contributed by atoms with Crippen LogP contribution < -0.4 is 4.74 Å². The van der Waals surface area contributed by atoms with Gasteiger partial charge in [-0.3, -0.25) is 4.98 Å². The fourth-order valence-corrected chi connectivity index (χ4v) is 6.87. The third-order valence-corrected chi connectivity index (χ3v) is 9.34. The van der Waals surface area contributed by atoms with E-state index in [1.54, 1.807) is 0 Å². The van der Waals surface area contributed by atoms with Crippen LogP contribution in [0.25, 0.3) is 66.2 Å². The Morgan fingerprint density at radius 1 is 0.694 bits per heavy atom.